The van der Waals surface area contributed by atoms with Gasteiger partial charge in [-0.1, -0.05) is 66.4 Å². The number of nitrogens with zero attached hydrogens (tertiary/aromatic N) is 4. The number of para-hydroxylation sites is 1. The first-order valence-corrected chi connectivity index (χ1v) is 12.2. The van der Waals surface area contributed by atoms with Crippen molar-refractivity contribution in [2.24, 2.45) is 9.98 Å². The van der Waals surface area contributed by atoms with Gasteiger partial charge in [-0.25, -0.2) is 4.99 Å². The van der Waals surface area contributed by atoms with Crippen LogP contribution in [0.25, 0.3) is 0 Å². The van der Waals surface area contributed by atoms with E-state index in [9.17, 15) is 9.59 Å². The fourth-order valence-electron chi connectivity index (χ4n) is 4.29. The van der Waals surface area contributed by atoms with Crippen LogP contribution >= 0.6 is 11.8 Å². The van der Waals surface area contributed by atoms with Gasteiger partial charge in [0, 0.05) is 17.8 Å². The predicted octanol–water partition coefficient (Wildman–Crippen LogP) is 5.11. The van der Waals surface area contributed by atoms with Crippen molar-refractivity contribution in [2.45, 2.75) is 19.9 Å². The number of hydrogen-bond donors (Lipinski definition) is 0. The second kappa shape index (κ2) is 9.27. The summed E-state index contributed by atoms with van der Waals surface area (Å²) >= 11 is 1.34. The third kappa shape index (κ3) is 4.03. The maximum Gasteiger partial charge on any atom is 0.275 e. The van der Waals surface area contributed by atoms with Crippen LogP contribution in [-0.4, -0.2) is 40.0 Å². The normalized spacial score (nSPS) is 16.5. The second-order valence-corrected chi connectivity index (χ2v) is 9.08. The smallest absolute Gasteiger partial charge is 0.275 e. The van der Waals surface area contributed by atoms with E-state index in [0.717, 1.165) is 28.1 Å². The van der Waals surface area contributed by atoms with Crippen LogP contribution in [0.5, 0.6) is 0 Å². The molecule has 6 nitrogen and oxygen atoms in total. The van der Waals surface area contributed by atoms with Crippen LogP contribution < -0.4 is 4.90 Å². The summed E-state index contributed by atoms with van der Waals surface area (Å²) < 4.78 is 0. The minimum absolute atomic E-state index is 0.0140. The Morgan fingerprint density at radius 3 is 2.53 bits per heavy atom. The number of aliphatic imine (C=N–C) groups is 2. The van der Waals surface area contributed by atoms with E-state index in [4.69, 9.17) is 4.99 Å². The summed E-state index contributed by atoms with van der Waals surface area (Å²) in [6, 6.07) is 24.6. The Labute approximate surface area is 203 Å². The number of aryl methyl sites for hydroxylation is 1. The summed E-state index contributed by atoms with van der Waals surface area (Å²) in [6.45, 7) is 4.55. The lowest BCUT2D eigenvalue weighted by Crippen LogP contribution is -2.40. The lowest BCUT2D eigenvalue weighted by Gasteiger charge is -2.31. The van der Waals surface area contributed by atoms with E-state index in [-0.39, 0.29) is 17.6 Å². The van der Waals surface area contributed by atoms with Crippen molar-refractivity contribution >= 4 is 46.0 Å². The van der Waals surface area contributed by atoms with Crippen LogP contribution in [0.1, 0.15) is 29.7 Å². The monoisotopic (exact) mass is 468 g/mol. The van der Waals surface area contributed by atoms with Crippen LogP contribution in [0.4, 0.5) is 11.4 Å². The quantitative estimate of drug-likeness (QED) is 0.522. The Balaban J connectivity index is 1.46. The molecule has 5 rings (SSSR count). The number of amidine groups is 2. The number of carbonyl (C=O) groups is 2. The summed E-state index contributed by atoms with van der Waals surface area (Å²) in [7, 11) is 0. The Kier molecular flexibility index (Phi) is 6.02. The molecule has 7 heteroatoms. The predicted molar refractivity (Wildman–Crippen MR) is 138 cm³/mol. The maximum atomic E-state index is 13.2. The van der Waals surface area contributed by atoms with Crippen LogP contribution in [0, 0.1) is 6.92 Å². The minimum Gasteiger partial charge on any atom is -0.312 e. The number of benzene rings is 3. The minimum atomic E-state index is -0.593. The highest BCUT2D eigenvalue weighted by atomic mass is 32.2. The summed E-state index contributed by atoms with van der Waals surface area (Å²) in [5, 5.41) is 0.603. The number of amides is 2. The molecule has 0 fully saturated rings. The number of hydrogen-bond acceptors (Lipinski definition) is 5. The van der Waals surface area contributed by atoms with Gasteiger partial charge in [0.05, 0.1) is 11.4 Å². The molecule has 170 valence electrons. The van der Waals surface area contributed by atoms with Gasteiger partial charge in [-0.05, 0) is 49.2 Å². The summed E-state index contributed by atoms with van der Waals surface area (Å²) in [4.78, 5) is 39.2. The van der Waals surface area contributed by atoms with E-state index in [1.807, 2.05) is 97.6 Å². The highest BCUT2D eigenvalue weighted by Gasteiger charge is 2.42. The number of anilines is 1. The van der Waals surface area contributed by atoms with Crippen LogP contribution in [0.15, 0.2) is 88.8 Å². The lowest BCUT2D eigenvalue weighted by molar-refractivity contribution is -0.119. The van der Waals surface area contributed by atoms with Crippen LogP contribution in [0.2, 0.25) is 0 Å². The molecule has 0 saturated heterocycles. The fourth-order valence-corrected chi connectivity index (χ4v) is 5.19. The molecular formula is C27H24N4O2S. The zero-order valence-corrected chi connectivity index (χ0v) is 19.8. The van der Waals surface area contributed by atoms with E-state index in [1.54, 1.807) is 4.90 Å². The molecule has 1 atom stereocenters. The molecule has 0 radical (unpaired) electrons. The number of thioether (sulfide) groups is 1. The zero-order chi connectivity index (χ0) is 23.7. The first-order chi connectivity index (χ1) is 16.6. The van der Waals surface area contributed by atoms with Crippen molar-refractivity contribution in [2.75, 3.05) is 17.2 Å². The van der Waals surface area contributed by atoms with Crippen molar-refractivity contribution < 1.29 is 9.59 Å². The molecule has 0 saturated carbocycles. The fraction of sp³-hybridized carbons (Fsp3) is 0.185. The molecule has 2 aliphatic rings. The second-order valence-electron chi connectivity index (χ2n) is 8.13. The van der Waals surface area contributed by atoms with Gasteiger partial charge in [-0.3, -0.25) is 14.5 Å². The van der Waals surface area contributed by atoms with Gasteiger partial charge in [0.25, 0.3) is 5.91 Å². The van der Waals surface area contributed by atoms with Gasteiger partial charge >= 0.3 is 0 Å². The van der Waals surface area contributed by atoms with Gasteiger partial charge in [-0.15, -0.1) is 0 Å². The molecule has 2 amide bonds. The first-order valence-electron chi connectivity index (χ1n) is 11.2. The lowest BCUT2D eigenvalue weighted by atomic mass is 10.0. The van der Waals surface area contributed by atoms with E-state index < -0.39 is 6.04 Å². The summed E-state index contributed by atoms with van der Waals surface area (Å²) in [5.74, 6) is 0.542. The van der Waals surface area contributed by atoms with E-state index in [1.165, 1.54) is 11.8 Å². The van der Waals surface area contributed by atoms with E-state index in [0.29, 0.717) is 17.5 Å². The molecule has 0 aromatic heterocycles. The van der Waals surface area contributed by atoms with Crippen molar-refractivity contribution in [3.8, 4) is 0 Å². The van der Waals surface area contributed by atoms with Gasteiger partial charge in [0.2, 0.25) is 5.91 Å². The summed E-state index contributed by atoms with van der Waals surface area (Å²) in [5.41, 5.74) is 4.40. The average molecular weight is 469 g/mol. The van der Waals surface area contributed by atoms with Crippen molar-refractivity contribution in [1.29, 1.82) is 0 Å². The number of carbonyl (C=O) groups excluding carboxylic acids is 2. The van der Waals surface area contributed by atoms with Crippen LogP contribution in [0.3, 0.4) is 0 Å². The first kappa shape index (κ1) is 22.1. The van der Waals surface area contributed by atoms with Crippen molar-refractivity contribution in [1.82, 2.24) is 4.90 Å². The van der Waals surface area contributed by atoms with Crippen LogP contribution in [-0.2, 0) is 9.59 Å². The Bertz CT molecular complexity index is 1320. The molecule has 0 N–H and O–H groups in total. The third-order valence-corrected chi connectivity index (χ3v) is 6.81. The molecule has 34 heavy (non-hydrogen) atoms. The van der Waals surface area contributed by atoms with Gasteiger partial charge in [0.15, 0.2) is 5.17 Å². The molecule has 0 bridgehead atoms. The Morgan fingerprint density at radius 2 is 1.76 bits per heavy atom. The van der Waals surface area contributed by atoms with Gasteiger partial charge in [0.1, 0.15) is 11.9 Å². The largest absolute Gasteiger partial charge is 0.312 e. The third-order valence-electron chi connectivity index (χ3n) is 5.87. The van der Waals surface area contributed by atoms with E-state index >= 15 is 0 Å². The molecule has 1 unspecified atom stereocenters. The average Bonchev–Trinajstić information content (AvgIpc) is 3.21. The zero-order valence-electron chi connectivity index (χ0n) is 19.0. The molecule has 3 aromatic carbocycles. The molecule has 3 aromatic rings. The standard InChI is InChI=1S/C27H24N4O2S/c1-3-30(20-13-9-10-18(2)16-20)23(32)17-34-27-28-22-15-8-7-14-21(22)25-29-26(33)24(31(25)27)19-11-5-4-6-12-19/h4-16,24H,3,17H2,1-2H3. The highest BCUT2D eigenvalue weighted by molar-refractivity contribution is 8.14. The number of fused-ring (bicyclic) bond motifs is 3. The SMILES string of the molecule is CCN(C(=O)CSC1=Nc2ccccc2C2=NC(=O)C(c3ccccc3)N12)c1cccc(C)c1. The molecular weight excluding hydrogens is 444 g/mol. The maximum absolute atomic E-state index is 13.2. The molecule has 2 heterocycles. The molecule has 2 aliphatic heterocycles. The van der Waals surface area contributed by atoms with Crippen molar-refractivity contribution in [3.63, 3.8) is 0 Å². The topological polar surface area (TPSA) is 65.3 Å². The molecule has 0 spiro atoms. The van der Waals surface area contributed by atoms with Crippen molar-refractivity contribution in [3.05, 3.63) is 95.6 Å². The van der Waals surface area contributed by atoms with Gasteiger partial charge < -0.3 is 4.90 Å². The Hall–Kier alpha value is -3.71. The van der Waals surface area contributed by atoms with Gasteiger partial charge in [-0.2, -0.15) is 4.99 Å². The summed E-state index contributed by atoms with van der Waals surface area (Å²) in [6.07, 6.45) is 0. The van der Waals surface area contributed by atoms with E-state index in [2.05, 4.69) is 4.99 Å². The molecule has 0 aliphatic carbocycles. The Morgan fingerprint density at radius 1 is 1.00 bits per heavy atom. The highest BCUT2D eigenvalue weighted by Crippen LogP contribution is 2.39. The number of rotatable bonds is 5.